The first-order valence-electron chi connectivity index (χ1n) is 13.9. The van der Waals surface area contributed by atoms with Crippen LogP contribution in [0.5, 0.6) is 0 Å². The molecule has 0 aromatic rings. The molecule has 2 fully saturated rings. The molecule has 4 nitrogen and oxygen atoms in total. The maximum absolute atomic E-state index is 13.1. The van der Waals surface area contributed by atoms with Gasteiger partial charge < -0.3 is 10.2 Å². The van der Waals surface area contributed by atoms with E-state index in [1.54, 1.807) is 13.8 Å². The van der Waals surface area contributed by atoms with Gasteiger partial charge in [0.15, 0.2) is 12.1 Å². The van der Waals surface area contributed by atoms with Gasteiger partial charge in [-0.1, -0.05) is 59.3 Å². The van der Waals surface area contributed by atoms with Crippen molar-refractivity contribution in [1.29, 1.82) is 0 Å². The highest BCUT2D eigenvalue weighted by Gasteiger charge is 2.65. The summed E-state index contributed by atoms with van der Waals surface area (Å²) in [7, 11) is 0. The lowest BCUT2D eigenvalue weighted by molar-refractivity contribution is -0.133. The number of hydrogen-bond acceptors (Lipinski definition) is 4. The largest absolute Gasteiger partial charge is 0.390 e. The molecule has 0 aromatic carbocycles. The average Bonchev–Trinajstić information content (AvgIpc) is 3.05. The van der Waals surface area contributed by atoms with Crippen LogP contribution in [0.1, 0.15) is 100 Å². The number of allylic oxidation sites excluding steroid dienone is 4. The van der Waals surface area contributed by atoms with E-state index < -0.39 is 17.1 Å². The van der Waals surface area contributed by atoms with E-state index in [1.807, 2.05) is 19.9 Å². The minimum Gasteiger partial charge on any atom is -0.390 e. The zero-order valence-electron chi connectivity index (χ0n) is 23.3. The predicted octanol–water partition coefficient (Wildman–Crippen LogP) is 6.05. The number of aliphatic hydroxyl groups is 2. The second-order valence-corrected chi connectivity index (χ2v) is 14.3. The molecule has 0 aromatic heterocycles. The molecule has 0 amide bonds. The summed E-state index contributed by atoms with van der Waals surface area (Å²) >= 11 is 0. The molecule has 2 saturated carbocycles. The van der Waals surface area contributed by atoms with Gasteiger partial charge in [0.05, 0.1) is 17.3 Å². The molecule has 2 N–H and O–H groups in total. The van der Waals surface area contributed by atoms with Crippen LogP contribution in [0, 0.1) is 45.3 Å². The lowest BCUT2D eigenvalue weighted by Crippen LogP contribution is -2.56. The van der Waals surface area contributed by atoms with Crippen molar-refractivity contribution in [2.24, 2.45) is 45.3 Å². The van der Waals surface area contributed by atoms with E-state index in [9.17, 15) is 19.8 Å². The average molecular weight is 485 g/mol. The number of hydrogen-bond donors (Lipinski definition) is 2. The molecule has 0 bridgehead atoms. The van der Waals surface area contributed by atoms with Gasteiger partial charge >= 0.3 is 0 Å². The van der Waals surface area contributed by atoms with Crippen LogP contribution in [0.4, 0.5) is 0 Å². The van der Waals surface area contributed by atoms with E-state index in [1.165, 1.54) is 18.4 Å². The van der Waals surface area contributed by atoms with Gasteiger partial charge in [-0.15, -0.1) is 0 Å². The van der Waals surface area contributed by atoms with Crippen molar-refractivity contribution in [1.82, 2.24) is 0 Å². The van der Waals surface area contributed by atoms with Gasteiger partial charge in [0.1, 0.15) is 0 Å². The standard InChI is InChI=1S/C31H48O4/c1-19(9-12-25(33)28(4,5)35)21-13-15-31(8)23-10-11-24-27(2,3)26(34)20(18-32)17-29(24,6)22(23)14-16-30(21,31)7/h14,17-19,21,23-25,33,35H,9-13,15-16H2,1-8H3/t19-,21-,23?,24?,25-,29-,30-,31-/m1/s1. The highest BCUT2D eigenvalue weighted by atomic mass is 16.3. The van der Waals surface area contributed by atoms with E-state index in [-0.39, 0.29) is 27.9 Å². The van der Waals surface area contributed by atoms with Gasteiger partial charge in [-0.3, -0.25) is 9.59 Å². The van der Waals surface area contributed by atoms with Gasteiger partial charge in [0, 0.05) is 10.8 Å². The number of ketones is 1. The number of Topliss-reactive ketones (excluding diaryl/α,β-unsaturated/α-hetero) is 1. The Morgan fingerprint density at radius 3 is 2.34 bits per heavy atom. The van der Waals surface area contributed by atoms with Crippen LogP contribution in [0.25, 0.3) is 0 Å². The fourth-order valence-corrected chi connectivity index (χ4v) is 9.34. The SMILES string of the molecule is C[C@H](CC[C@@H](O)C(C)(C)O)[C@H]1CC[C@]2(C)C3CCC4C(C)(C)C(=O)C(C=O)=C[C@]4(C)C3=CC[C@]12C. The number of aldehydes is 1. The van der Waals surface area contributed by atoms with E-state index in [0.717, 1.165) is 32.0 Å². The Morgan fingerprint density at radius 1 is 1.09 bits per heavy atom. The number of carbonyl (C=O) groups excluding carboxylic acids is 2. The first kappa shape index (κ1) is 26.8. The third-order valence-electron chi connectivity index (χ3n) is 11.8. The number of aliphatic hydroxyl groups excluding tert-OH is 1. The Hall–Kier alpha value is -1.26. The Morgan fingerprint density at radius 2 is 1.74 bits per heavy atom. The maximum atomic E-state index is 13.1. The highest BCUT2D eigenvalue weighted by molar-refractivity contribution is 6.15. The summed E-state index contributed by atoms with van der Waals surface area (Å²) in [5.74, 6) is 1.75. The third-order valence-corrected chi connectivity index (χ3v) is 11.8. The summed E-state index contributed by atoms with van der Waals surface area (Å²) in [6, 6.07) is 0. The Bertz CT molecular complexity index is 952. The lowest BCUT2D eigenvalue weighted by atomic mass is 9.42. The normalized spacial score (nSPS) is 42.2. The minimum absolute atomic E-state index is 0.00360. The zero-order chi connectivity index (χ0) is 26.2. The van der Waals surface area contributed by atoms with Crippen LogP contribution in [0.2, 0.25) is 0 Å². The van der Waals surface area contributed by atoms with Gasteiger partial charge in [-0.05, 0) is 93.3 Å². The minimum atomic E-state index is -1.06. The molecule has 0 heterocycles. The monoisotopic (exact) mass is 484 g/mol. The van der Waals surface area contributed by atoms with Crippen molar-refractivity contribution in [2.75, 3.05) is 0 Å². The Kier molecular flexibility index (Phi) is 6.41. The molecule has 0 spiro atoms. The van der Waals surface area contributed by atoms with Crippen LogP contribution in [0.15, 0.2) is 23.3 Å². The van der Waals surface area contributed by atoms with Crippen molar-refractivity contribution in [3.8, 4) is 0 Å². The van der Waals surface area contributed by atoms with Gasteiger partial charge in [0.2, 0.25) is 0 Å². The van der Waals surface area contributed by atoms with E-state index in [2.05, 4.69) is 33.8 Å². The summed E-state index contributed by atoms with van der Waals surface area (Å²) in [6.45, 7) is 17.1. The molecule has 0 saturated heterocycles. The van der Waals surface area contributed by atoms with E-state index in [0.29, 0.717) is 29.7 Å². The van der Waals surface area contributed by atoms with Gasteiger partial charge in [-0.2, -0.15) is 0 Å². The molecule has 0 aliphatic heterocycles. The zero-order valence-corrected chi connectivity index (χ0v) is 23.3. The molecule has 35 heavy (non-hydrogen) atoms. The molecule has 0 radical (unpaired) electrons. The highest BCUT2D eigenvalue weighted by Crippen LogP contribution is 2.72. The molecule has 4 heteroatoms. The molecule has 196 valence electrons. The smallest absolute Gasteiger partial charge is 0.171 e. The van der Waals surface area contributed by atoms with Gasteiger partial charge in [0.25, 0.3) is 0 Å². The van der Waals surface area contributed by atoms with E-state index >= 15 is 0 Å². The molecule has 4 aliphatic rings. The molecular formula is C31H48O4. The van der Waals surface area contributed by atoms with Crippen LogP contribution in [0.3, 0.4) is 0 Å². The van der Waals surface area contributed by atoms with Gasteiger partial charge in [-0.25, -0.2) is 0 Å². The summed E-state index contributed by atoms with van der Waals surface area (Å²) in [5, 5.41) is 20.6. The summed E-state index contributed by atoms with van der Waals surface area (Å²) in [5.41, 5.74) is 0.354. The van der Waals surface area contributed by atoms with Crippen LogP contribution in [-0.2, 0) is 9.59 Å². The second-order valence-electron chi connectivity index (χ2n) is 14.3. The van der Waals surface area contributed by atoms with Crippen LogP contribution in [-0.4, -0.2) is 34.0 Å². The predicted molar refractivity (Wildman–Crippen MR) is 140 cm³/mol. The van der Waals surface area contributed by atoms with Crippen molar-refractivity contribution in [3.63, 3.8) is 0 Å². The van der Waals surface area contributed by atoms with E-state index in [4.69, 9.17) is 0 Å². The van der Waals surface area contributed by atoms with Crippen molar-refractivity contribution >= 4 is 12.1 Å². The fourth-order valence-electron chi connectivity index (χ4n) is 9.34. The quantitative estimate of drug-likeness (QED) is 0.273. The lowest BCUT2D eigenvalue weighted by Gasteiger charge is -2.62. The first-order chi connectivity index (χ1) is 16.0. The molecule has 8 atom stereocenters. The number of fused-ring (bicyclic) bond motifs is 5. The fraction of sp³-hybridized carbons (Fsp3) is 0.806. The summed E-state index contributed by atoms with van der Waals surface area (Å²) in [4.78, 5) is 24.9. The second kappa shape index (κ2) is 8.38. The number of rotatable bonds is 6. The Labute approximate surface area is 212 Å². The van der Waals surface area contributed by atoms with Crippen molar-refractivity contribution in [3.05, 3.63) is 23.3 Å². The van der Waals surface area contributed by atoms with Crippen LogP contribution >= 0.6 is 0 Å². The summed E-state index contributed by atoms with van der Waals surface area (Å²) < 4.78 is 0. The molecular weight excluding hydrogens is 436 g/mol. The molecule has 4 rings (SSSR count). The Balaban J connectivity index is 1.66. The third kappa shape index (κ3) is 3.76. The van der Waals surface area contributed by atoms with Crippen molar-refractivity contribution in [2.45, 2.75) is 112 Å². The van der Waals surface area contributed by atoms with Crippen LogP contribution < -0.4 is 0 Å². The molecule has 2 unspecified atom stereocenters. The first-order valence-corrected chi connectivity index (χ1v) is 13.9. The topological polar surface area (TPSA) is 74.6 Å². The maximum Gasteiger partial charge on any atom is 0.171 e. The summed E-state index contributed by atoms with van der Waals surface area (Å²) in [6.07, 6.45) is 11.7. The molecule has 4 aliphatic carbocycles. The number of carbonyl (C=O) groups is 2. The van der Waals surface area contributed by atoms with Crippen molar-refractivity contribution < 1.29 is 19.8 Å².